The fraction of sp³-hybridized carbons (Fsp3) is 0.500. The van der Waals surface area contributed by atoms with Crippen LogP contribution in [0.3, 0.4) is 0 Å². The van der Waals surface area contributed by atoms with Gasteiger partial charge in [0.05, 0.1) is 0 Å². The minimum atomic E-state index is -0.562. The summed E-state index contributed by atoms with van der Waals surface area (Å²) in [5.41, 5.74) is 0.696. The van der Waals surface area contributed by atoms with E-state index in [0.717, 1.165) is 0 Å². The molecule has 0 spiro atoms. The van der Waals surface area contributed by atoms with Crippen LogP contribution in [0.5, 0.6) is 0 Å². The largest absolute Gasteiger partial charge is 0.432 e. The lowest BCUT2D eigenvalue weighted by Gasteiger charge is -1.84. The average molecular weight is 157 g/mol. The highest BCUT2D eigenvalue weighted by molar-refractivity contribution is 5.08. The number of hydrogen-bond donors (Lipinski definition) is 1. The summed E-state index contributed by atoms with van der Waals surface area (Å²) >= 11 is 0. The maximum absolute atomic E-state index is 9.93. The number of aromatic nitrogens is 2. The van der Waals surface area contributed by atoms with Gasteiger partial charge in [-0.15, -0.1) is 0 Å². The van der Waals surface area contributed by atoms with Crippen molar-refractivity contribution < 1.29 is 4.92 Å². The Balaban J connectivity index is 0.000000461. The Morgan fingerprint density at radius 2 is 2.18 bits per heavy atom. The van der Waals surface area contributed by atoms with Crippen LogP contribution in [0.4, 0.5) is 5.95 Å². The van der Waals surface area contributed by atoms with Crippen molar-refractivity contribution in [3.8, 4) is 0 Å². The average Bonchev–Trinajstić information content (AvgIpc) is 2.40. The smallest absolute Gasteiger partial charge is 0.390 e. The van der Waals surface area contributed by atoms with E-state index in [4.69, 9.17) is 0 Å². The summed E-state index contributed by atoms with van der Waals surface area (Å²) in [5, 5.41) is 9.93. The molecule has 0 aliphatic carbocycles. The van der Waals surface area contributed by atoms with Crippen LogP contribution in [-0.2, 0) is 0 Å². The van der Waals surface area contributed by atoms with Gasteiger partial charge in [-0.3, -0.25) is 0 Å². The lowest BCUT2D eigenvalue weighted by molar-refractivity contribution is -0.393. The predicted octanol–water partition coefficient (Wildman–Crippen LogP) is 1.65. The third-order valence-corrected chi connectivity index (χ3v) is 0.862. The second-order valence-corrected chi connectivity index (χ2v) is 1.65. The van der Waals surface area contributed by atoms with E-state index in [0.29, 0.717) is 5.69 Å². The number of imidazole rings is 1. The van der Waals surface area contributed by atoms with Gasteiger partial charge in [0.1, 0.15) is 11.9 Å². The number of rotatable bonds is 1. The van der Waals surface area contributed by atoms with Crippen LogP contribution in [-0.4, -0.2) is 14.9 Å². The third kappa shape index (κ3) is 2.79. The molecule has 62 valence electrons. The maximum Gasteiger partial charge on any atom is 0.432 e. The third-order valence-electron chi connectivity index (χ3n) is 0.862. The van der Waals surface area contributed by atoms with Gasteiger partial charge in [-0.25, -0.2) is 4.98 Å². The number of aromatic amines is 1. The Bertz CT molecular complexity index is 231. The summed E-state index contributed by atoms with van der Waals surface area (Å²) in [6.45, 7) is 5.71. The van der Waals surface area contributed by atoms with Crippen LogP contribution in [0.15, 0.2) is 6.20 Å². The van der Waals surface area contributed by atoms with Crippen LogP contribution in [0, 0.1) is 17.0 Å². The highest BCUT2D eigenvalue weighted by Gasteiger charge is 2.05. The first kappa shape index (κ1) is 9.61. The number of nitro groups is 1. The zero-order valence-corrected chi connectivity index (χ0v) is 6.79. The van der Waals surface area contributed by atoms with Gasteiger partial charge in [0.2, 0.25) is 0 Å². The Morgan fingerprint density at radius 3 is 2.36 bits per heavy atom. The zero-order chi connectivity index (χ0) is 8.85. The van der Waals surface area contributed by atoms with Crippen molar-refractivity contribution in [3.63, 3.8) is 0 Å². The molecule has 0 fully saturated rings. The van der Waals surface area contributed by atoms with E-state index in [9.17, 15) is 10.1 Å². The molecule has 0 aliphatic rings. The fourth-order valence-corrected chi connectivity index (χ4v) is 0.492. The Hall–Kier alpha value is -1.39. The van der Waals surface area contributed by atoms with Gasteiger partial charge in [-0.1, -0.05) is 18.8 Å². The lowest BCUT2D eigenvalue weighted by Crippen LogP contribution is -1.88. The standard InChI is InChI=1S/C4H5N3O2.C2H6/c1-3-2-5-4(6-3)7(8)9;1-2/h2H,1H3,(H,5,6);1-2H3. The van der Waals surface area contributed by atoms with Crippen molar-refractivity contribution in [2.75, 3.05) is 0 Å². The summed E-state index contributed by atoms with van der Waals surface area (Å²) in [7, 11) is 0. The molecule has 0 saturated heterocycles. The van der Waals surface area contributed by atoms with Crippen LogP contribution < -0.4 is 0 Å². The normalized spacial score (nSPS) is 8.27. The molecule has 0 aromatic carbocycles. The van der Waals surface area contributed by atoms with E-state index >= 15 is 0 Å². The fourth-order valence-electron chi connectivity index (χ4n) is 0.492. The highest BCUT2D eigenvalue weighted by atomic mass is 16.6. The maximum atomic E-state index is 9.93. The van der Waals surface area contributed by atoms with Crippen LogP contribution in [0.25, 0.3) is 0 Å². The molecule has 0 bridgehead atoms. The van der Waals surface area contributed by atoms with Crippen LogP contribution >= 0.6 is 0 Å². The molecule has 5 nitrogen and oxygen atoms in total. The van der Waals surface area contributed by atoms with Gasteiger partial charge in [0.15, 0.2) is 0 Å². The molecule has 0 amide bonds. The van der Waals surface area contributed by atoms with E-state index in [1.54, 1.807) is 6.92 Å². The molecule has 1 rings (SSSR count). The van der Waals surface area contributed by atoms with Gasteiger partial charge in [-0.05, 0) is 11.8 Å². The van der Waals surface area contributed by atoms with E-state index in [1.165, 1.54) is 6.20 Å². The molecule has 0 saturated carbocycles. The second kappa shape index (κ2) is 4.43. The topological polar surface area (TPSA) is 71.8 Å². The van der Waals surface area contributed by atoms with E-state index in [-0.39, 0.29) is 5.95 Å². The molecule has 11 heavy (non-hydrogen) atoms. The second-order valence-electron chi connectivity index (χ2n) is 1.65. The van der Waals surface area contributed by atoms with Crippen molar-refractivity contribution >= 4 is 5.95 Å². The van der Waals surface area contributed by atoms with Crippen LogP contribution in [0.1, 0.15) is 19.5 Å². The quantitative estimate of drug-likeness (QED) is 0.497. The summed E-state index contributed by atoms with van der Waals surface area (Å²) in [5.74, 6) is -0.201. The van der Waals surface area contributed by atoms with Gasteiger partial charge >= 0.3 is 5.95 Å². The van der Waals surface area contributed by atoms with Gasteiger partial charge in [0, 0.05) is 0 Å². The van der Waals surface area contributed by atoms with Crippen LogP contribution in [0.2, 0.25) is 0 Å². The van der Waals surface area contributed by atoms with Gasteiger partial charge in [0.25, 0.3) is 0 Å². The van der Waals surface area contributed by atoms with Crippen molar-refractivity contribution in [2.45, 2.75) is 20.8 Å². The van der Waals surface area contributed by atoms with E-state index in [1.807, 2.05) is 13.8 Å². The molecule has 0 unspecified atom stereocenters. The zero-order valence-electron chi connectivity index (χ0n) is 6.79. The predicted molar refractivity (Wildman–Crippen MR) is 41.3 cm³/mol. The first-order chi connectivity index (χ1) is 5.20. The highest BCUT2D eigenvalue weighted by Crippen LogP contribution is 2.01. The Kier molecular flexibility index (Phi) is 3.87. The van der Waals surface area contributed by atoms with Gasteiger partial charge < -0.3 is 10.1 Å². The first-order valence-electron chi connectivity index (χ1n) is 3.36. The van der Waals surface area contributed by atoms with Crippen molar-refractivity contribution in [3.05, 3.63) is 22.0 Å². The van der Waals surface area contributed by atoms with E-state index in [2.05, 4.69) is 9.97 Å². The summed E-state index contributed by atoms with van der Waals surface area (Å²) in [6.07, 6.45) is 1.41. The summed E-state index contributed by atoms with van der Waals surface area (Å²) in [4.78, 5) is 15.3. The lowest BCUT2D eigenvalue weighted by atomic mass is 10.6. The molecular formula is C6H11N3O2. The first-order valence-corrected chi connectivity index (χ1v) is 3.36. The minimum absolute atomic E-state index is 0.201. The molecule has 5 heteroatoms. The SMILES string of the molecule is CC.Cc1cnc([N+](=O)[O-])[nH]1. The number of hydrogen-bond acceptors (Lipinski definition) is 3. The monoisotopic (exact) mass is 157 g/mol. The minimum Gasteiger partial charge on any atom is -0.390 e. The summed E-state index contributed by atoms with van der Waals surface area (Å²) in [6, 6.07) is 0. The Labute approximate surface area is 64.6 Å². The van der Waals surface area contributed by atoms with Crippen molar-refractivity contribution in [1.29, 1.82) is 0 Å². The molecule has 0 atom stereocenters. The molecule has 0 aliphatic heterocycles. The molecular weight excluding hydrogens is 146 g/mol. The number of H-pyrrole nitrogens is 1. The number of aryl methyl sites for hydroxylation is 1. The molecule has 1 aromatic heterocycles. The van der Waals surface area contributed by atoms with Gasteiger partial charge in [-0.2, -0.15) is 0 Å². The molecule has 1 aromatic rings. The number of nitrogens with one attached hydrogen (secondary N) is 1. The number of nitrogens with zero attached hydrogens (tertiary/aromatic N) is 2. The van der Waals surface area contributed by atoms with E-state index < -0.39 is 4.92 Å². The molecule has 1 N–H and O–H groups in total. The summed E-state index contributed by atoms with van der Waals surface area (Å²) < 4.78 is 0. The Morgan fingerprint density at radius 1 is 1.64 bits per heavy atom. The van der Waals surface area contributed by atoms with Crippen molar-refractivity contribution in [1.82, 2.24) is 9.97 Å². The molecule has 1 heterocycles. The van der Waals surface area contributed by atoms with Crippen molar-refractivity contribution in [2.24, 2.45) is 0 Å². The molecule has 0 radical (unpaired) electrons.